The first kappa shape index (κ1) is 27.9. The number of H-pyrrole nitrogens is 1. The molecule has 0 radical (unpaired) electrons. The van der Waals surface area contributed by atoms with E-state index in [1.54, 1.807) is 17.1 Å². The van der Waals surface area contributed by atoms with Gasteiger partial charge in [-0.25, -0.2) is 19.6 Å². The molecule has 0 spiro atoms. The molecule has 4 aromatic rings. The van der Waals surface area contributed by atoms with Crippen molar-refractivity contribution in [2.24, 2.45) is 5.92 Å². The highest BCUT2D eigenvalue weighted by Crippen LogP contribution is 2.35. The number of aliphatic hydroxyl groups is 1. The van der Waals surface area contributed by atoms with Crippen LogP contribution in [0.5, 0.6) is 0 Å². The van der Waals surface area contributed by atoms with Crippen LogP contribution in [0.2, 0.25) is 0 Å². The molecule has 5 rings (SSSR count). The molecule has 1 saturated carbocycles. The fourth-order valence-electron chi connectivity index (χ4n) is 4.81. The number of aromatic amines is 1. The molecular formula is C28H37N9O2. The van der Waals surface area contributed by atoms with Gasteiger partial charge < -0.3 is 15.7 Å². The first-order valence-electron chi connectivity index (χ1n) is 13.2. The molecule has 1 aliphatic rings. The molecule has 39 heavy (non-hydrogen) atoms. The molecule has 4 heterocycles. The second kappa shape index (κ2) is 12.6. The maximum absolute atomic E-state index is 13.0. The van der Waals surface area contributed by atoms with Crippen LogP contribution in [0.1, 0.15) is 72.9 Å². The van der Waals surface area contributed by atoms with Crippen molar-refractivity contribution in [2.45, 2.75) is 65.3 Å². The number of aliphatic hydroxyl groups excluding tert-OH is 1. The third kappa shape index (κ3) is 7.05. The fourth-order valence-corrected chi connectivity index (χ4v) is 4.81. The lowest BCUT2D eigenvalue weighted by Gasteiger charge is -2.28. The average Bonchev–Trinajstić information content (AvgIpc) is 3.57. The Hall–Kier alpha value is -4.12. The maximum atomic E-state index is 13.0. The van der Waals surface area contributed by atoms with E-state index in [4.69, 9.17) is 15.1 Å². The predicted octanol–water partition coefficient (Wildman–Crippen LogP) is 4.21. The van der Waals surface area contributed by atoms with Gasteiger partial charge in [0.05, 0.1) is 12.2 Å². The molecule has 0 unspecified atom stereocenters. The van der Waals surface area contributed by atoms with Crippen LogP contribution in [0.25, 0.3) is 5.82 Å². The van der Waals surface area contributed by atoms with E-state index in [1.165, 1.54) is 0 Å². The van der Waals surface area contributed by atoms with Crippen LogP contribution >= 0.6 is 0 Å². The number of nitrogens with one attached hydrogen (secondary N) is 3. The summed E-state index contributed by atoms with van der Waals surface area (Å²) in [6.07, 6.45) is 8.94. The number of carbonyl (C=O) groups excluding carboxylic acids is 1. The molecule has 1 atom stereocenters. The Bertz CT molecular complexity index is 1370. The summed E-state index contributed by atoms with van der Waals surface area (Å²) in [5.41, 5.74) is 3.94. The molecule has 0 aromatic carbocycles. The van der Waals surface area contributed by atoms with Gasteiger partial charge in [-0.3, -0.25) is 9.89 Å². The SMILES string of the molecule is CO.Cc1cnn(-c2ccc([C@H](C)NC(=O)C3CCC(c4nc(C)cc(Nc5cc(C)[nH]n5)n4)CC3)cn2)c1. The number of amides is 1. The van der Waals surface area contributed by atoms with Crippen LogP contribution in [0.15, 0.2) is 42.9 Å². The van der Waals surface area contributed by atoms with Crippen molar-refractivity contribution in [1.29, 1.82) is 0 Å². The monoisotopic (exact) mass is 531 g/mol. The topological polar surface area (TPSA) is 147 Å². The van der Waals surface area contributed by atoms with Gasteiger partial charge in [0, 0.05) is 54.9 Å². The van der Waals surface area contributed by atoms with E-state index >= 15 is 0 Å². The molecule has 11 nitrogen and oxygen atoms in total. The summed E-state index contributed by atoms with van der Waals surface area (Å²) < 4.78 is 1.75. The van der Waals surface area contributed by atoms with E-state index in [-0.39, 0.29) is 23.8 Å². The van der Waals surface area contributed by atoms with E-state index in [1.807, 2.05) is 58.2 Å². The molecule has 0 bridgehead atoms. The number of rotatable bonds is 7. The van der Waals surface area contributed by atoms with Crippen molar-refractivity contribution in [3.05, 3.63) is 71.2 Å². The molecule has 0 aliphatic heterocycles. The third-order valence-electron chi connectivity index (χ3n) is 6.87. The normalized spacial score (nSPS) is 17.6. The van der Waals surface area contributed by atoms with Crippen LogP contribution in [-0.2, 0) is 4.79 Å². The van der Waals surface area contributed by atoms with Gasteiger partial charge in [0.1, 0.15) is 11.6 Å². The number of hydrogen-bond donors (Lipinski definition) is 4. The molecule has 1 aliphatic carbocycles. The van der Waals surface area contributed by atoms with Crippen molar-refractivity contribution >= 4 is 17.5 Å². The first-order chi connectivity index (χ1) is 18.8. The number of carbonyl (C=O) groups is 1. The number of anilines is 2. The molecule has 206 valence electrons. The number of aromatic nitrogens is 7. The fraction of sp³-hybridized carbons (Fsp3) is 0.429. The standard InChI is InChI=1S/C27H33N9O.CH4O/c1-16-13-29-36(15-16)25-10-9-22(14-28-25)19(4)31-27(37)21-7-5-20(6-8-21)26-30-17(2)11-23(33-26)32-24-12-18(3)34-35-24;1-2/h9-15,19-21H,5-8H2,1-4H3,(H,31,37)(H2,30,32,33,34,35);2H,1H3/t19-,20?,21?;/m0./s1. The highest BCUT2D eigenvalue weighted by molar-refractivity contribution is 5.79. The summed E-state index contributed by atoms with van der Waals surface area (Å²) in [5.74, 6) is 3.39. The lowest BCUT2D eigenvalue weighted by atomic mass is 9.81. The molecule has 4 N–H and O–H groups in total. The zero-order valence-electron chi connectivity index (χ0n) is 23.1. The molecule has 0 saturated heterocycles. The first-order valence-corrected chi connectivity index (χ1v) is 13.2. The van der Waals surface area contributed by atoms with E-state index < -0.39 is 0 Å². The molecule has 1 fully saturated rings. The van der Waals surface area contributed by atoms with Crippen LogP contribution in [0, 0.1) is 26.7 Å². The summed E-state index contributed by atoms with van der Waals surface area (Å²) in [5, 5.41) is 24.9. The van der Waals surface area contributed by atoms with Gasteiger partial charge in [0.15, 0.2) is 11.6 Å². The van der Waals surface area contributed by atoms with Gasteiger partial charge in [-0.1, -0.05) is 6.07 Å². The second-order valence-electron chi connectivity index (χ2n) is 10.0. The van der Waals surface area contributed by atoms with Crippen molar-refractivity contribution in [2.75, 3.05) is 12.4 Å². The molecule has 11 heteroatoms. The number of aryl methyl sites for hydroxylation is 3. The minimum atomic E-state index is -0.120. The van der Waals surface area contributed by atoms with Gasteiger partial charge in [0.2, 0.25) is 5.91 Å². The summed E-state index contributed by atoms with van der Waals surface area (Å²) in [7, 11) is 1.00. The highest BCUT2D eigenvalue weighted by Gasteiger charge is 2.29. The highest BCUT2D eigenvalue weighted by atomic mass is 16.2. The summed E-state index contributed by atoms with van der Waals surface area (Å²) >= 11 is 0. The van der Waals surface area contributed by atoms with Gasteiger partial charge in [-0.2, -0.15) is 10.2 Å². The lowest BCUT2D eigenvalue weighted by Crippen LogP contribution is -2.34. The van der Waals surface area contributed by atoms with Crippen molar-refractivity contribution in [3.63, 3.8) is 0 Å². The largest absolute Gasteiger partial charge is 0.400 e. The minimum absolute atomic E-state index is 0.00702. The van der Waals surface area contributed by atoms with Crippen LogP contribution < -0.4 is 10.6 Å². The van der Waals surface area contributed by atoms with Gasteiger partial charge in [0.25, 0.3) is 0 Å². The minimum Gasteiger partial charge on any atom is -0.400 e. The quantitative estimate of drug-likeness (QED) is 0.277. The van der Waals surface area contributed by atoms with Crippen LogP contribution in [0.4, 0.5) is 11.6 Å². The number of hydrogen-bond acceptors (Lipinski definition) is 8. The van der Waals surface area contributed by atoms with Gasteiger partial charge in [-0.15, -0.1) is 0 Å². The van der Waals surface area contributed by atoms with Crippen molar-refractivity contribution in [1.82, 2.24) is 40.2 Å². The molecule has 1 amide bonds. The van der Waals surface area contributed by atoms with Gasteiger partial charge >= 0.3 is 0 Å². The van der Waals surface area contributed by atoms with Crippen LogP contribution in [-0.4, -0.2) is 53.1 Å². The van der Waals surface area contributed by atoms with E-state index in [9.17, 15) is 4.79 Å². The Morgan fingerprint density at radius 3 is 2.44 bits per heavy atom. The summed E-state index contributed by atoms with van der Waals surface area (Å²) in [6.45, 7) is 7.92. The lowest BCUT2D eigenvalue weighted by molar-refractivity contribution is -0.126. The van der Waals surface area contributed by atoms with Crippen molar-refractivity contribution < 1.29 is 9.90 Å². The predicted molar refractivity (Wildman–Crippen MR) is 149 cm³/mol. The zero-order valence-corrected chi connectivity index (χ0v) is 23.1. The number of pyridine rings is 1. The summed E-state index contributed by atoms with van der Waals surface area (Å²) in [6, 6.07) is 7.66. The second-order valence-corrected chi connectivity index (χ2v) is 10.0. The van der Waals surface area contributed by atoms with E-state index in [2.05, 4.69) is 30.9 Å². The third-order valence-corrected chi connectivity index (χ3v) is 6.87. The Labute approximate surface area is 228 Å². The smallest absolute Gasteiger partial charge is 0.223 e. The summed E-state index contributed by atoms with van der Waals surface area (Å²) in [4.78, 5) is 27.0. The van der Waals surface area contributed by atoms with Gasteiger partial charge in [-0.05, 0) is 70.6 Å². The Morgan fingerprint density at radius 2 is 1.82 bits per heavy atom. The van der Waals surface area contributed by atoms with E-state index in [0.717, 1.165) is 78.6 Å². The Kier molecular flexibility index (Phi) is 9.03. The molecular weight excluding hydrogens is 494 g/mol. The van der Waals surface area contributed by atoms with Crippen LogP contribution in [0.3, 0.4) is 0 Å². The molecule has 4 aromatic heterocycles. The number of nitrogens with zero attached hydrogens (tertiary/aromatic N) is 6. The maximum Gasteiger partial charge on any atom is 0.223 e. The average molecular weight is 532 g/mol. The Morgan fingerprint density at radius 1 is 1.05 bits per heavy atom. The zero-order chi connectivity index (χ0) is 27.9. The Balaban J connectivity index is 0.00000172. The van der Waals surface area contributed by atoms with E-state index in [0.29, 0.717) is 0 Å². The van der Waals surface area contributed by atoms with Crippen molar-refractivity contribution in [3.8, 4) is 5.82 Å².